The van der Waals surface area contributed by atoms with Crippen LogP contribution in [-0.2, 0) is 9.59 Å². The number of hydrogen-bond acceptors (Lipinski definition) is 3. The third-order valence-electron chi connectivity index (χ3n) is 5.94. The largest absolute Gasteiger partial charge is 0.435 e. The number of amides is 2. The molecule has 27 heavy (non-hydrogen) atoms. The molecule has 3 rings (SSSR count). The van der Waals surface area contributed by atoms with Gasteiger partial charge in [-0.3, -0.25) is 9.59 Å². The molecule has 0 aromatic heterocycles. The standard InChI is InChI=1S/C20H26F2N2O3/c1-12-4-3-5-17(13(12)2)24-11-14(10-18(24)25)19(26)23-15-6-8-16(9-7-15)27-20(21)22/h6-9,12-14,17,20H,3-5,10-11H2,1-2H3,(H,23,26)/t12-,13+,14+,17+/m0/s1. The van der Waals surface area contributed by atoms with Gasteiger partial charge < -0.3 is 15.0 Å². The van der Waals surface area contributed by atoms with Gasteiger partial charge in [0.1, 0.15) is 5.75 Å². The minimum absolute atomic E-state index is 0.0330. The van der Waals surface area contributed by atoms with E-state index in [4.69, 9.17) is 0 Å². The maximum atomic E-state index is 12.6. The van der Waals surface area contributed by atoms with Crippen LogP contribution in [0.3, 0.4) is 0 Å². The van der Waals surface area contributed by atoms with Gasteiger partial charge in [-0.05, 0) is 42.5 Å². The molecule has 1 aliphatic carbocycles. The predicted octanol–water partition coefficient (Wildman–Crippen LogP) is 3.90. The fraction of sp³-hybridized carbons (Fsp3) is 0.600. The first kappa shape index (κ1) is 19.6. The molecule has 2 fully saturated rings. The number of likely N-dealkylation sites (tertiary alicyclic amines) is 1. The fourth-order valence-corrected chi connectivity index (χ4v) is 4.19. The lowest BCUT2D eigenvalue weighted by molar-refractivity contribution is -0.131. The van der Waals surface area contributed by atoms with Crippen molar-refractivity contribution in [2.45, 2.75) is 52.2 Å². The lowest BCUT2D eigenvalue weighted by Gasteiger charge is -2.40. The van der Waals surface area contributed by atoms with Gasteiger partial charge in [-0.1, -0.05) is 26.7 Å². The van der Waals surface area contributed by atoms with Gasteiger partial charge in [0.25, 0.3) is 0 Å². The number of nitrogens with one attached hydrogen (secondary N) is 1. The summed E-state index contributed by atoms with van der Waals surface area (Å²) in [5, 5.41) is 2.77. The first-order valence-electron chi connectivity index (χ1n) is 9.50. The highest BCUT2D eigenvalue weighted by atomic mass is 19.3. The molecular formula is C20H26F2N2O3. The van der Waals surface area contributed by atoms with Gasteiger partial charge in [-0.25, -0.2) is 0 Å². The smallest absolute Gasteiger partial charge is 0.387 e. The third-order valence-corrected chi connectivity index (χ3v) is 5.94. The van der Waals surface area contributed by atoms with Crippen LogP contribution in [0.1, 0.15) is 39.5 Å². The zero-order valence-electron chi connectivity index (χ0n) is 15.7. The van der Waals surface area contributed by atoms with Crippen molar-refractivity contribution < 1.29 is 23.1 Å². The van der Waals surface area contributed by atoms with Crippen LogP contribution in [0.15, 0.2) is 24.3 Å². The summed E-state index contributed by atoms with van der Waals surface area (Å²) < 4.78 is 28.7. The van der Waals surface area contributed by atoms with Crippen molar-refractivity contribution in [2.24, 2.45) is 17.8 Å². The third kappa shape index (κ3) is 4.57. The average Bonchev–Trinajstić information content (AvgIpc) is 3.00. The van der Waals surface area contributed by atoms with Crippen molar-refractivity contribution in [3.63, 3.8) is 0 Å². The highest BCUT2D eigenvalue weighted by molar-refractivity contribution is 5.97. The summed E-state index contributed by atoms with van der Waals surface area (Å²) in [4.78, 5) is 26.9. The molecule has 148 valence electrons. The zero-order valence-corrected chi connectivity index (χ0v) is 15.7. The monoisotopic (exact) mass is 380 g/mol. The Morgan fingerprint density at radius 2 is 1.93 bits per heavy atom. The minimum atomic E-state index is -2.88. The molecule has 1 aromatic carbocycles. The second-order valence-electron chi connectivity index (χ2n) is 7.67. The number of carbonyl (C=O) groups excluding carboxylic acids is 2. The Morgan fingerprint density at radius 1 is 1.22 bits per heavy atom. The van der Waals surface area contributed by atoms with Crippen LogP contribution in [0.2, 0.25) is 0 Å². The van der Waals surface area contributed by atoms with Gasteiger partial charge in [-0.2, -0.15) is 8.78 Å². The van der Waals surface area contributed by atoms with E-state index < -0.39 is 6.61 Å². The van der Waals surface area contributed by atoms with E-state index in [0.717, 1.165) is 12.8 Å². The van der Waals surface area contributed by atoms with Gasteiger partial charge in [0, 0.05) is 24.7 Å². The van der Waals surface area contributed by atoms with Gasteiger partial charge in [0.15, 0.2) is 0 Å². The number of halogens is 2. The first-order valence-corrected chi connectivity index (χ1v) is 9.50. The zero-order chi connectivity index (χ0) is 19.6. The Kier molecular flexibility index (Phi) is 5.97. The number of alkyl halides is 2. The van der Waals surface area contributed by atoms with Gasteiger partial charge in [0.2, 0.25) is 11.8 Å². The number of anilines is 1. The summed E-state index contributed by atoms with van der Waals surface area (Å²) in [5.41, 5.74) is 0.493. The topological polar surface area (TPSA) is 58.6 Å². The van der Waals surface area contributed by atoms with Crippen LogP contribution in [0.4, 0.5) is 14.5 Å². The molecule has 2 amide bonds. The molecule has 0 bridgehead atoms. The van der Waals surface area contributed by atoms with Crippen LogP contribution in [-0.4, -0.2) is 35.9 Å². The normalized spacial score (nSPS) is 28.5. The summed E-state index contributed by atoms with van der Waals surface area (Å²) in [5.74, 6) is 0.488. The highest BCUT2D eigenvalue weighted by Crippen LogP contribution is 2.36. The lowest BCUT2D eigenvalue weighted by atomic mass is 9.77. The molecule has 1 saturated heterocycles. The molecule has 1 aromatic rings. The summed E-state index contributed by atoms with van der Waals surface area (Å²) in [7, 11) is 0. The first-order chi connectivity index (χ1) is 12.8. The molecule has 1 aliphatic heterocycles. The summed E-state index contributed by atoms with van der Waals surface area (Å²) >= 11 is 0. The average molecular weight is 380 g/mol. The van der Waals surface area contributed by atoms with Crippen LogP contribution in [0.5, 0.6) is 5.75 Å². The summed E-state index contributed by atoms with van der Waals surface area (Å²) in [6.45, 7) is 1.98. The fourth-order valence-electron chi connectivity index (χ4n) is 4.19. The van der Waals surface area contributed by atoms with E-state index in [1.165, 1.54) is 30.7 Å². The molecule has 1 N–H and O–H groups in total. The Bertz CT molecular complexity index is 680. The molecule has 0 radical (unpaired) electrons. The predicted molar refractivity (Wildman–Crippen MR) is 97.5 cm³/mol. The highest BCUT2D eigenvalue weighted by Gasteiger charge is 2.41. The van der Waals surface area contributed by atoms with Crippen LogP contribution < -0.4 is 10.1 Å². The second-order valence-corrected chi connectivity index (χ2v) is 7.67. The maximum Gasteiger partial charge on any atom is 0.387 e. The number of hydrogen-bond donors (Lipinski definition) is 1. The maximum absolute atomic E-state index is 12.6. The van der Waals surface area contributed by atoms with E-state index in [1.54, 1.807) is 0 Å². The van der Waals surface area contributed by atoms with Crippen molar-refractivity contribution in [3.8, 4) is 5.75 Å². The Morgan fingerprint density at radius 3 is 2.59 bits per heavy atom. The van der Waals surface area contributed by atoms with Crippen LogP contribution in [0.25, 0.3) is 0 Å². The molecular weight excluding hydrogens is 354 g/mol. The van der Waals surface area contributed by atoms with Gasteiger partial charge >= 0.3 is 6.61 Å². The molecule has 4 atom stereocenters. The minimum Gasteiger partial charge on any atom is -0.435 e. The number of benzene rings is 1. The SMILES string of the molecule is C[C@H]1[C@H](N2C[C@H](C(=O)Nc3ccc(OC(F)F)cc3)CC2=O)CCC[C@@H]1C. The van der Waals surface area contributed by atoms with E-state index >= 15 is 0 Å². The van der Waals surface area contributed by atoms with E-state index in [0.29, 0.717) is 24.1 Å². The van der Waals surface area contributed by atoms with Crippen molar-refractivity contribution in [1.29, 1.82) is 0 Å². The van der Waals surface area contributed by atoms with E-state index in [2.05, 4.69) is 23.9 Å². The molecule has 7 heteroatoms. The van der Waals surface area contributed by atoms with E-state index in [1.807, 2.05) is 4.90 Å². The molecule has 0 spiro atoms. The van der Waals surface area contributed by atoms with Crippen LogP contribution >= 0.6 is 0 Å². The molecule has 1 heterocycles. The molecule has 5 nitrogen and oxygen atoms in total. The summed E-state index contributed by atoms with van der Waals surface area (Å²) in [6, 6.07) is 5.98. The van der Waals surface area contributed by atoms with Crippen molar-refractivity contribution >= 4 is 17.5 Å². The molecule has 0 unspecified atom stereocenters. The van der Waals surface area contributed by atoms with Gasteiger partial charge in [-0.15, -0.1) is 0 Å². The Hall–Kier alpha value is -2.18. The van der Waals surface area contributed by atoms with E-state index in [9.17, 15) is 18.4 Å². The number of carbonyl (C=O) groups is 2. The second kappa shape index (κ2) is 8.23. The number of nitrogens with zero attached hydrogens (tertiary/aromatic N) is 1. The molecule has 2 aliphatic rings. The number of ether oxygens (including phenoxy) is 1. The van der Waals surface area contributed by atoms with E-state index in [-0.39, 0.29) is 35.9 Å². The number of rotatable bonds is 5. The van der Waals surface area contributed by atoms with Crippen LogP contribution in [0, 0.1) is 17.8 Å². The quantitative estimate of drug-likeness (QED) is 0.843. The van der Waals surface area contributed by atoms with Crippen molar-refractivity contribution in [2.75, 3.05) is 11.9 Å². The molecule has 1 saturated carbocycles. The van der Waals surface area contributed by atoms with Crippen molar-refractivity contribution in [3.05, 3.63) is 24.3 Å². The lowest BCUT2D eigenvalue weighted by Crippen LogP contribution is -2.45. The Labute approximate surface area is 158 Å². The Balaban J connectivity index is 1.59. The van der Waals surface area contributed by atoms with Crippen molar-refractivity contribution in [1.82, 2.24) is 4.90 Å². The van der Waals surface area contributed by atoms with Gasteiger partial charge in [0.05, 0.1) is 5.92 Å². The summed E-state index contributed by atoms with van der Waals surface area (Å²) in [6.07, 6.45) is 3.52.